The lowest BCUT2D eigenvalue weighted by molar-refractivity contribution is 0.335. The van der Waals surface area contributed by atoms with E-state index in [0.29, 0.717) is 6.04 Å². The van der Waals surface area contributed by atoms with Crippen LogP contribution in [0.3, 0.4) is 0 Å². The minimum absolute atomic E-state index is 0.108. The summed E-state index contributed by atoms with van der Waals surface area (Å²) in [5.41, 5.74) is 4.52. The van der Waals surface area contributed by atoms with Gasteiger partial charge in [-0.2, -0.15) is 5.10 Å². The van der Waals surface area contributed by atoms with Crippen LogP contribution in [0.2, 0.25) is 0 Å². The Morgan fingerprint density at radius 2 is 1.93 bits per heavy atom. The van der Waals surface area contributed by atoms with Crippen LogP contribution in [0.5, 0.6) is 0 Å². The molecule has 2 aromatic heterocycles. The Labute approximate surface area is 160 Å². The molecule has 2 aromatic rings. The molecule has 1 saturated carbocycles. The molecule has 3 aliphatic rings. The highest BCUT2D eigenvalue weighted by Crippen LogP contribution is 2.33. The molecule has 27 heavy (non-hydrogen) atoms. The van der Waals surface area contributed by atoms with Crippen LogP contribution in [-0.2, 0) is 19.4 Å². The lowest BCUT2D eigenvalue weighted by Crippen LogP contribution is -2.35. The maximum atomic E-state index is 12.7. The van der Waals surface area contributed by atoms with Crippen LogP contribution in [0.15, 0.2) is 4.79 Å². The van der Waals surface area contributed by atoms with Gasteiger partial charge in [0.1, 0.15) is 5.65 Å². The molecule has 0 radical (unpaired) electrons. The second-order valence-electron chi connectivity index (χ2n) is 8.53. The fourth-order valence-electron chi connectivity index (χ4n) is 4.99. The summed E-state index contributed by atoms with van der Waals surface area (Å²) in [5.74, 6) is 0. The molecule has 3 N–H and O–H groups in total. The molecular weight excluding hydrogens is 338 g/mol. The van der Waals surface area contributed by atoms with Gasteiger partial charge in [0.05, 0.1) is 11.7 Å². The monoisotopic (exact) mass is 369 g/mol. The fraction of sp³-hybridized carbons (Fsp3) is 0.714. The van der Waals surface area contributed by atoms with Crippen molar-refractivity contribution in [3.05, 3.63) is 27.2 Å². The van der Waals surface area contributed by atoms with Gasteiger partial charge in [-0.3, -0.25) is 4.79 Å². The lowest BCUT2D eigenvalue weighted by atomic mass is 9.89. The van der Waals surface area contributed by atoms with Crippen molar-refractivity contribution in [2.24, 2.45) is 0 Å². The van der Waals surface area contributed by atoms with Crippen LogP contribution in [-0.4, -0.2) is 33.9 Å². The van der Waals surface area contributed by atoms with Gasteiger partial charge in [0, 0.05) is 23.5 Å². The average Bonchev–Trinajstić information content (AvgIpc) is 3.28. The lowest BCUT2D eigenvalue weighted by Gasteiger charge is -2.26. The second-order valence-corrected chi connectivity index (χ2v) is 8.53. The van der Waals surface area contributed by atoms with E-state index in [2.05, 4.69) is 20.3 Å². The summed E-state index contributed by atoms with van der Waals surface area (Å²) in [6, 6.07) is 1.06. The molecule has 3 heterocycles. The van der Waals surface area contributed by atoms with E-state index in [1.165, 1.54) is 48.7 Å². The van der Waals surface area contributed by atoms with Gasteiger partial charge in [0.2, 0.25) is 0 Å². The van der Waals surface area contributed by atoms with Gasteiger partial charge >= 0.3 is 0 Å². The number of nitrogens with one attached hydrogen (secondary N) is 3. The molecule has 2 aliphatic carbocycles. The zero-order valence-electron chi connectivity index (χ0n) is 16.1. The average molecular weight is 370 g/mol. The number of hydrogen-bond donors (Lipinski definition) is 3. The van der Waals surface area contributed by atoms with Gasteiger partial charge in [-0.25, -0.2) is 4.68 Å². The molecule has 6 heteroatoms. The minimum atomic E-state index is 0.108. The Kier molecular flexibility index (Phi) is 4.78. The van der Waals surface area contributed by atoms with Gasteiger partial charge < -0.3 is 15.6 Å². The number of aromatic amines is 1. The maximum absolute atomic E-state index is 12.7. The molecule has 6 nitrogen and oxygen atoms in total. The second kappa shape index (κ2) is 7.40. The highest BCUT2D eigenvalue weighted by molar-refractivity contribution is 5.84. The first-order valence-electron chi connectivity index (χ1n) is 10.9. The number of nitrogens with zero attached hydrogens (tertiary/aromatic N) is 2. The SMILES string of the molecule is O=c1[nH]c2c(c(C3CCCN3)nn2CCCNC2CCC2)c2c1CCCC2. The van der Waals surface area contributed by atoms with Crippen molar-refractivity contribution in [3.63, 3.8) is 0 Å². The highest BCUT2D eigenvalue weighted by Gasteiger charge is 2.28. The van der Waals surface area contributed by atoms with Crippen molar-refractivity contribution in [2.75, 3.05) is 13.1 Å². The quantitative estimate of drug-likeness (QED) is 0.684. The van der Waals surface area contributed by atoms with E-state index in [4.69, 9.17) is 5.10 Å². The maximum Gasteiger partial charge on any atom is 0.253 e. The first-order valence-corrected chi connectivity index (χ1v) is 10.9. The van der Waals surface area contributed by atoms with Crippen molar-refractivity contribution in [3.8, 4) is 0 Å². The van der Waals surface area contributed by atoms with Gasteiger partial charge in [-0.15, -0.1) is 0 Å². The summed E-state index contributed by atoms with van der Waals surface area (Å²) in [5, 5.41) is 13.5. The van der Waals surface area contributed by atoms with Crippen molar-refractivity contribution >= 4 is 11.0 Å². The molecule has 0 spiro atoms. The molecule has 1 aliphatic heterocycles. The third-order valence-corrected chi connectivity index (χ3v) is 6.73. The van der Waals surface area contributed by atoms with Crippen molar-refractivity contribution in [1.82, 2.24) is 25.4 Å². The molecule has 1 atom stereocenters. The number of rotatable bonds is 6. The predicted molar refractivity (Wildman–Crippen MR) is 107 cm³/mol. The Morgan fingerprint density at radius 1 is 1.07 bits per heavy atom. The van der Waals surface area contributed by atoms with Gasteiger partial charge in [-0.05, 0) is 76.4 Å². The topological polar surface area (TPSA) is 74.7 Å². The molecule has 0 amide bonds. The first kappa shape index (κ1) is 17.4. The third-order valence-electron chi connectivity index (χ3n) is 6.73. The molecule has 1 unspecified atom stereocenters. The Balaban J connectivity index is 1.48. The molecule has 5 rings (SSSR count). The summed E-state index contributed by atoms with van der Waals surface area (Å²) in [4.78, 5) is 15.9. The van der Waals surface area contributed by atoms with E-state index in [9.17, 15) is 4.79 Å². The van der Waals surface area contributed by atoms with E-state index in [1.54, 1.807) is 0 Å². The van der Waals surface area contributed by atoms with Crippen LogP contribution in [0.25, 0.3) is 11.0 Å². The number of fused-ring (bicyclic) bond motifs is 3. The normalized spacial score (nSPS) is 22.9. The molecule has 0 bridgehead atoms. The number of aryl methyl sites for hydroxylation is 2. The van der Waals surface area contributed by atoms with Crippen LogP contribution in [0.1, 0.15) is 74.2 Å². The Bertz CT molecular complexity index is 873. The Hall–Kier alpha value is -1.66. The predicted octanol–water partition coefficient (Wildman–Crippen LogP) is 2.56. The molecule has 146 valence electrons. The van der Waals surface area contributed by atoms with Crippen molar-refractivity contribution < 1.29 is 0 Å². The van der Waals surface area contributed by atoms with Gasteiger partial charge in [0.15, 0.2) is 0 Å². The summed E-state index contributed by atoms with van der Waals surface area (Å²) in [7, 11) is 0. The molecule has 0 aromatic carbocycles. The Morgan fingerprint density at radius 3 is 2.67 bits per heavy atom. The van der Waals surface area contributed by atoms with Gasteiger partial charge in [-0.1, -0.05) is 6.42 Å². The molecule has 2 fully saturated rings. The summed E-state index contributed by atoms with van der Waals surface area (Å²) in [6.07, 6.45) is 11.6. The standard InChI is InChI=1S/C21H31N5O/c27-21-16-9-2-1-8-15(16)18-19(17-10-4-11-23-17)25-26(20(18)24-21)13-5-12-22-14-6-3-7-14/h14,17,22-23H,1-13H2,(H,24,27). The first-order chi connectivity index (χ1) is 13.3. The third kappa shape index (κ3) is 3.23. The number of pyridine rings is 1. The van der Waals surface area contributed by atoms with Crippen molar-refractivity contribution in [2.45, 2.75) is 82.8 Å². The van der Waals surface area contributed by atoms with Crippen LogP contribution in [0.4, 0.5) is 0 Å². The van der Waals surface area contributed by atoms with E-state index < -0.39 is 0 Å². The highest BCUT2D eigenvalue weighted by atomic mass is 16.1. The van der Waals surface area contributed by atoms with Gasteiger partial charge in [0.25, 0.3) is 5.56 Å². The number of hydrogen-bond acceptors (Lipinski definition) is 4. The fourth-order valence-corrected chi connectivity index (χ4v) is 4.99. The zero-order valence-corrected chi connectivity index (χ0v) is 16.1. The zero-order chi connectivity index (χ0) is 18.2. The van der Waals surface area contributed by atoms with Crippen LogP contribution < -0.4 is 16.2 Å². The molecule has 1 saturated heterocycles. The van der Waals surface area contributed by atoms with E-state index in [1.807, 2.05) is 0 Å². The minimum Gasteiger partial charge on any atom is -0.314 e. The van der Waals surface area contributed by atoms with Crippen LogP contribution >= 0.6 is 0 Å². The number of H-pyrrole nitrogens is 1. The van der Waals surface area contributed by atoms with E-state index in [0.717, 1.165) is 69.0 Å². The largest absolute Gasteiger partial charge is 0.314 e. The van der Waals surface area contributed by atoms with E-state index >= 15 is 0 Å². The number of aromatic nitrogens is 3. The summed E-state index contributed by atoms with van der Waals surface area (Å²) >= 11 is 0. The summed E-state index contributed by atoms with van der Waals surface area (Å²) in [6.45, 7) is 2.95. The van der Waals surface area contributed by atoms with Crippen LogP contribution in [0, 0.1) is 0 Å². The smallest absolute Gasteiger partial charge is 0.253 e. The molecular formula is C21H31N5O. The van der Waals surface area contributed by atoms with Crippen molar-refractivity contribution in [1.29, 1.82) is 0 Å². The summed E-state index contributed by atoms with van der Waals surface area (Å²) < 4.78 is 2.07. The van der Waals surface area contributed by atoms with E-state index in [-0.39, 0.29) is 5.56 Å².